The number of nitrogens with one attached hydrogen (secondary N) is 1. The topological polar surface area (TPSA) is 119 Å². The maximum Gasteiger partial charge on any atom is 0.274 e. The van der Waals surface area contributed by atoms with Crippen LogP contribution in [0.4, 0.5) is 11.4 Å². The number of ether oxygens (including phenoxy) is 1. The number of sulfonamides is 1. The van der Waals surface area contributed by atoms with E-state index in [-0.39, 0.29) is 22.9 Å². The van der Waals surface area contributed by atoms with Gasteiger partial charge in [0.25, 0.3) is 5.69 Å². The molecule has 1 amide bonds. The molecule has 0 bridgehead atoms. The zero-order valence-electron chi connectivity index (χ0n) is 20.0. The Hall–Kier alpha value is -3.14. The lowest BCUT2D eigenvalue weighted by atomic mass is 9.93. The predicted octanol–water partition coefficient (Wildman–Crippen LogP) is 3.99. The van der Waals surface area contributed by atoms with Gasteiger partial charge in [-0.15, -0.1) is 0 Å². The maximum absolute atomic E-state index is 12.9. The first-order valence-corrected chi connectivity index (χ1v) is 12.3. The number of hydrogen-bond acceptors (Lipinski definition) is 6. The maximum atomic E-state index is 12.9. The van der Waals surface area contributed by atoms with E-state index < -0.39 is 33.4 Å². The fourth-order valence-electron chi connectivity index (χ4n) is 3.77. The van der Waals surface area contributed by atoms with E-state index in [0.29, 0.717) is 0 Å². The van der Waals surface area contributed by atoms with Crippen molar-refractivity contribution in [3.05, 3.63) is 62.7 Å². The van der Waals surface area contributed by atoms with Gasteiger partial charge in [0.15, 0.2) is 0 Å². The molecule has 10 heteroatoms. The lowest BCUT2D eigenvalue weighted by Gasteiger charge is -2.25. The van der Waals surface area contributed by atoms with E-state index in [1.807, 2.05) is 39.8 Å². The number of rotatable bonds is 9. The molecule has 0 aromatic heterocycles. The lowest BCUT2D eigenvalue weighted by molar-refractivity contribution is -0.385. The van der Waals surface area contributed by atoms with Crippen LogP contribution in [0, 0.1) is 24.0 Å². The number of carbonyl (C=O) groups is 1. The number of carbonyl (C=O) groups excluding carboxylic acids is 1. The lowest BCUT2D eigenvalue weighted by Crippen LogP contribution is -2.41. The highest BCUT2D eigenvalue weighted by Crippen LogP contribution is 2.32. The van der Waals surface area contributed by atoms with Crippen LogP contribution in [0.25, 0.3) is 0 Å². The summed E-state index contributed by atoms with van der Waals surface area (Å²) in [4.78, 5) is 23.6. The quantitative estimate of drug-likeness (QED) is 0.431. The summed E-state index contributed by atoms with van der Waals surface area (Å²) in [6.07, 6.45) is 0.963. The van der Waals surface area contributed by atoms with E-state index in [2.05, 4.69) is 5.32 Å². The molecule has 2 aromatic rings. The van der Waals surface area contributed by atoms with Crippen LogP contribution in [-0.4, -0.2) is 39.2 Å². The number of nitro groups is 1. The summed E-state index contributed by atoms with van der Waals surface area (Å²) in [5, 5.41) is 14.1. The van der Waals surface area contributed by atoms with E-state index in [1.165, 1.54) is 25.1 Å². The second-order valence-corrected chi connectivity index (χ2v) is 10.2. The Bertz CT molecular complexity index is 1160. The van der Waals surface area contributed by atoms with Crippen LogP contribution in [0.5, 0.6) is 5.75 Å². The minimum Gasteiger partial charge on any atom is -0.496 e. The third-order valence-corrected chi connectivity index (χ3v) is 6.64. The van der Waals surface area contributed by atoms with Crippen molar-refractivity contribution in [3.8, 4) is 5.75 Å². The van der Waals surface area contributed by atoms with Crippen molar-refractivity contribution in [2.24, 2.45) is 0 Å². The number of anilines is 1. The van der Waals surface area contributed by atoms with Gasteiger partial charge in [-0.05, 0) is 61.6 Å². The Morgan fingerprint density at radius 3 is 2.33 bits per heavy atom. The van der Waals surface area contributed by atoms with Crippen molar-refractivity contribution >= 4 is 27.3 Å². The van der Waals surface area contributed by atoms with Gasteiger partial charge in [0.1, 0.15) is 12.3 Å². The molecule has 0 unspecified atom stereocenters. The summed E-state index contributed by atoms with van der Waals surface area (Å²) < 4.78 is 31.3. The SMILES string of the molecule is COc1cc(C)c([C@@H](C)NC(=O)CN(c2cccc([N+](=O)[O-])c2C)S(C)(=O)=O)cc1C(C)C. The second-order valence-electron chi connectivity index (χ2n) is 8.34. The minimum absolute atomic E-state index is 0.0947. The number of hydrogen-bond donors (Lipinski definition) is 1. The molecule has 0 spiro atoms. The summed E-state index contributed by atoms with van der Waals surface area (Å²) in [7, 11) is -2.27. The molecular formula is C23H31N3O6S. The fourth-order valence-corrected chi connectivity index (χ4v) is 4.67. The Labute approximate surface area is 195 Å². The highest BCUT2D eigenvalue weighted by atomic mass is 32.2. The number of nitrogens with zero attached hydrogens (tertiary/aromatic N) is 2. The Morgan fingerprint density at radius 1 is 1.18 bits per heavy atom. The molecule has 2 aromatic carbocycles. The summed E-state index contributed by atoms with van der Waals surface area (Å²) in [5.41, 5.74) is 2.87. The van der Waals surface area contributed by atoms with Crippen LogP contribution in [-0.2, 0) is 14.8 Å². The minimum atomic E-state index is -3.88. The van der Waals surface area contributed by atoms with Crippen molar-refractivity contribution in [1.29, 1.82) is 0 Å². The molecule has 9 nitrogen and oxygen atoms in total. The van der Waals surface area contributed by atoms with Crippen molar-refractivity contribution in [2.75, 3.05) is 24.2 Å². The van der Waals surface area contributed by atoms with Gasteiger partial charge in [0.2, 0.25) is 15.9 Å². The third kappa shape index (κ3) is 6.01. The molecule has 0 saturated heterocycles. The zero-order valence-corrected chi connectivity index (χ0v) is 20.8. The van der Waals surface area contributed by atoms with Gasteiger partial charge in [-0.2, -0.15) is 0 Å². The van der Waals surface area contributed by atoms with Crippen LogP contribution in [0.15, 0.2) is 30.3 Å². The van der Waals surface area contributed by atoms with E-state index in [9.17, 15) is 23.3 Å². The first-order valence-electron chi connectivity index (χ1n) is 10.5. The van der Waals surface area contributed by atoms with E-state index >= 15 is 0 Å². The van der Waals surface area contributed by atoms with Gasteiger partial charge >= 0.3 is 0 Å². The Morgan fingerprint density at radius 2 is 1.82 bits per heavy atom. The summed E-state index contributed by atoms with van der Waals surface area (Å²) >= 11 is 0. The van der Waals surface area contributed by atoms with Crippen molar-refractivity contribution in [1.82, 2.24) is 5.32 Å². The zero-order chi connectivity index (χ0) is 25.1. The molecular weight excluding hydrogens is 446 g/mol. The van der Waals surface area contributed by atoms with Gasteiger partial charge in [-0.25, -0.2) is 8.42 Å². The summed E-state index contributed by atoms with van der Waals surface area (Å²) in [5.74, 6) is 0.453. The van der Waals surface area contributed by atoms with E-state index in [0.717, 1.165) is 33.0 Å². The molecule has 0 fully saturated rings. The van der Waals surface area contributed by atoms with Crippen LogP contribution in [0.3, 0.4) is 0 Å². The Kier molecular flexibility index (Phi) is 8.07. The molecule has 1 N–H and O–H groups in total. The molecule has 0 saturated carbocycles. The van der Waals surface area contributed by atoms with Gasteiger partial charge in [-0.1, -0.05) is 19.9 Å². The Balaban J connectivity index is 2.34. The van der Waals surface area contributed by atoms with Crippen LogP contribution in [0.1, 0.15) is 55.0 Å². The van der Waals surface area contributed by atoms with Gasteiger partial charge < -0.3 is 10.1 Å². The average Bonchev–Trinajstić information content (AvgIpc) is 2.70. The normalized spacial score (nSPS) is 12.4. The summed E-state index contributed by atoms with van der Waals surface area (Å²) in [6, 6.07) is 7.65. The van der Waals surface area contributed by atoms with Crippen LogP contribution >= 0.6 is 0 Å². The predicted molar refractivity (Wildman–Crippen MR) is 128 cm³/mol. The third-order valence-electron chi connectivity index (χ3n) is 5.51. The first kappa shape index (κ1) is 26.1. The number of amides is 1. The number of aryl methyl sites for hydroxylation is 1. The molecule has 0 radical (unpaired) electrons. The molecule has 0 heterocycles. The molecule has 33 heavy (non-hydrogen) atoms. The second kappa shape index (κ2) is 10.2. The van der Waals surface area contributed by atoms with Crippen molar-refractivity contribution in [3.63, 3.8) is 0 Å². The smallest absolute Gasteiger partial charge is 0.274 e. The molecule has 0 aliphatic carbocycles. The van der Waals surface area contributed by atoms with Gasteiger partial charge in [0.05, 0.1) is 35.6 Å². The molecule has 180 valence electrons. The highest BCUT2D eigenvalue weighted by molar-refractivity contribution is 7.92. The number of nitro benzene ring substituents is 1. The molecule has 0 aliphatic rings. The van der Waals surface area contributed by atoms with Gasteiger partial charge in [0, 0.05) is 6.07 Å². The molecule has 1 atom stereocenters. The van der Waals surface area contributed by atoms with Gasteiger partial charge in [-0.3, -0.25) is 19.2 Å². The van der Waals surface area contributed by atoms with Crippen molar-refractivity contribution < 1.29 is 22.9 Å². The van der Waals surface area contributed by atoms with E-state index in [1.54, 1.807) is 7.11 Å². The average molecular weight is 478 g/mol. The number of methoxy groups -OCH3 is 1. The van der Waals surface area contributed by atoms with E-state index in [4.69, 9.17) is 4.74 Å². The monoisotopic (exact) mass is 477 g/mol. The largest absolute Gasteiger partial charge is 0.496 e. The fraction of sp³-hybridized carbons (Fsp3) is 0.435. The first-order chi connectivity index (χ1) is 15.3. The standard InChI is InChI=1S/C23H31N3O6S/c1-14(2)18-12-19(15(3)11-22(18)32-6)17(5)24-23(27)13-25(33(7,30)31)20-9-8-10-21(16(20)4)26(28)29/h8-12,14,17H,13H2,1-7H3,(H,24,27)/t17-/m1/s1. The molecule has 0 aliphatic heterocycles. The highest BCUT2D eigenvalue weighted by Gasteiger charge is 2.26. The molecule has 2 rings (SSSR count). The number of benzene rings is 2. The van der Waals surface area contributed by atoms with Crippen LogP contribution in [0.2, 0.25) is 0 Å². The van der Waals surface area contributed by atoms with Crippen LogP contribution < -0.4 is 14.4 Å². The van der Waals surface area contributed by atoms with Crippen molar-refractivity contribution in [2.45, 2.75) is 46.6 Å². The summed E-state index contributed by atoms with van der Waals surface area (Å²) in [6.45, 7) is 8.79.